The van der Waals surface area contributed by atoms with Crippen LogP contribution in [0.5, 0.6) is 11.5 Å². The number of rotatable bonds is 3. The van der Waals surface area contributed by atoms with E-state index in [0.717, 1.165) is 24.3 Å². The Kier molecular flexibility index (Phi) is 2.93. The van der Waals surface area contributed by atoms with Gasteiger partial charge in [0, 0.05) is 12.8 Å². The predicted octanol–water partition coefficient (Wildman–Crippen LogP) is 3.24. The summed E-state index contributed by atoms with van der Waals surface area (Å²) in [7, 11) is 1.67. The van der Waals surface area contributed by atoms with Crippen LogP contribution in [0.3, 0.4) is 0 Å². The van der Waals surface area contributed by atoms with Crippen molar-refractivity contribution < 1.29 is 9.47 Å². The second-order valence-electron chi connectivity index (χ2n) is 4.57. The first-order valence-corrected chi connectivity index (χ1v) is 6.23. The minimum Gasteiger partial charge on any atom is -0.493 e. The third kappa shape index (κ3) is 2.06. The highest BCUT2D eigenvalue weighted by Gasteiger charge is 2.23. The highest BCUT2D eigenvalue weighted by atomic mass is 16.5. The molecule has 0 amide bonds. The molecule has 2 nitrogen and oxygen atoms in total. The van der Waals surface area contributed by atoms with Crippen molar-refractivity contribution in [2.45, 2.75) is 18.9 Å². The Morgan fingerprint density at radius 2 is 1.39 bits per heavy atom. The third-order valence-electron chi connectivity index (χ3n) is 3.38. The van der Waals surface area contributed by atoms with Gasteiger partial charge in [0.05, 0.1) is 7.11 Å². The van der Waals surface area contributed by atoms with Gasteiger partial charge in [0.15, 0.2) is 11.5 Å². The molecule has 0 unspecified atom stereocenters. The van der Waals surface area contributed by atoms with Gasteiger partial charge in [0.25, 0.3) is 0 Å². The first-order chi connectivity index (χ1) is 8.86. The van der Waals surface area contributed by atoms with Gasteiger partial charge in [0.1, 0.15) is 6.10 Å². The van der Waals surface area contributed by atoms with Crippen LogP contribution in [0.4, 0.5) is 0 Å². The molecule has 0 bridgehead atoms. The first-order valence-electron chi connectivity index (χ1n) is 6.23. The van der Waals surface area contributed by atoms with Crippen LogP contribution in [-0.2, 0) is 12.8 Å². The molecule has 1 aliphatic rings. The molecule has 0 spiro atoms. The average Bonchev–Trinajstić information content (AvgIpc) is 2.81. The number of hydrogen-bond donors (Lipinski definition) is 0. The number of benzene rings is 2. The Morgan fingerprint density at radius 1 is 0.833 bits per heavy atom. The number of fused-ring (bicyclic) bond motifs is 1. The van der Waals surface area contributed by atoms with E-state index in [4.69, 9.17) is 9.47 Å². The van der Waals surface area contributed by atoms with Crippen molar-refractivity contribution in [2.24, 2.45) is 0 Å². The molecule has 2 aromatic rings. The molecule has 0 saturated carbocycles. The van der Waals surface area contributed by atoms with Crippen LogP contribution in [0.1, 0.15) is 11.1 Å². The molecular formula is C16H16O2. The van der Waals surface area contributed by atoms with Crippen molar-refractivity contribution in [3.05, 3.63) is 59.7 Å². The van der Waals surface area contributed by atoms with Crippen molar-refractivity contribution in [2.75, 3.05) is 7.11 Å². The summed E-state index contributed by atoms with van der Waals surface area (Å²) in [6, 6.07) is 16.4. The SMILES string of the molecule is COc1ccccc1OC1Cc2ccccc2C1. The Balaban J connectivity index is 1.76. The van der Waals surface area contributed by atoms with Crippen molar-refractivity contribution in [3.63, 3.8) is 0 Å². The van der Waals surface area contributed by atoms with Crippen molar-refractivity contribution >= 4 is 0 Å². The second kappa shape index (κ2) is 4.73. The fraction of sp³-hybridized carbons (Fsp3) is 0.250. The zero-order valence-corrected chi connectivity index (χ0v) is 10.4. The van der Waals surface area contributed by atoms with E-state index in [1.165, 1.54) is 11.1 Å². The summed E-state index contributed by atoms with van der Waals surface area (Å²) in [5.41, 5.74) is 2.80. The van der Waals surface area contributed by atoms with E-state index in [2.05, 4.69) is 24.3 Å². The van der Waals surface area contributed by atoms with Crippen LogP contribution in [0.2, 0.25) is 0 Å². The van der Waals surface area contributed by atoms with Gasteiger partial charge in [0.2, 0.25) is 0 Å². The maximum atomic E-state index is 6.05. The van der Waals surface area contributed by atoms with E-state index in [0.29, 0.717) is 0 Å². The lowest BCUT2D eigenvalue weighted by Crippen LogP contribution is -2.16. The van der Waals surface area contributed by atoms with Gasteiger partial charge in [-0.2, -0.15) is 0 Å². The smallest absolute Gasteiger partial charge is 0.161 e. The van der Waals surface area contributed by atoms with Gasteiger partial charge in [-0.3, -0.25) is 0 Å². The van der Waals surface area contributed by atoms with E-state index in [9.17, 15) is 0 Å². The molecule has 0 fully saturated rings. The van der Waals surface area contributed by atoms with E-state index >= 15 is 0 Å². The minimum absolute atomic E-state index is 0.221. The lowest BCUT2D eigenvalue weighted by molar-refractivity contribution is 0.204. The summed E-state index contributed by atoms with van der Waals surface area (Å²) in [4.78, 5) is 0. The molecule has 2 aromatic carbocycles. The number of ether oxygens (including phenoxy) is 2. The molecular weight excluding hydrogens is 224 g/mol. The standard InChI is InChI=1S/C16H16O2/c1-17-15-8-4-5-9-16(15)18-14-10-12-6-2-3-7-13(12)11-14/h2-9,14H,10-11H2,1H3. The minimum atomic E-state index is 0.221. The van der Waals surface area contributed by atoms with Gasteiger partial charge in [-0.15, -0.1) is 0 Å². The Bertz CT molecular complexity index is 523. The van der Waals surface area contributed by atoms with Gasteiger partial charge >= 0.3 is 0 Å². The number of hydrogen-bond acceptors (Lipinski definition) is 2. The Labute approximate surface area is 107 Å². The summed E-state index contributed by atoms with van der Waals surface area (Å²) < 4.78 is 11.4. The maximum absolute atomic E-state index is 6.05. The quantitative estimate of drug-likeness (QED) is 0.820. The zero-order chi connectivity index (χ0) is 12.4. The topological polar surface area (TPSA) is 18.5 Å². The van der Waals surface area contributed by atoms with Crippen LogP contribution in [0.15, 0.2) is 48.5 Å². The van der Waals surface area contributed by atoms with E-state index < -0.39 is 0 Å². The van der Waals surface area contributed by atoms with Gasteiger partial charge < -0.3 is 9.47 Å². The largest absolute Gasteiger partial charge is 0.493 e. The molecule has 1 aliphatic carbocycles. The van der Waals surface area contributed by atoms with Crippen molar-refractivity contribution in [1.82, 2.24) is 0 Å². The molecule has 0 saturated heterocycles. The molecule has 0 radical (unpaired) electrons. The summed E-state index contributed by atoms with van der Waals surface area (Å²) in [6.45, 7) is 0. The molecule has 3 rings (SSSR count). The lowest BCUT2D eigenvalue weighted by atomic mass is 10.1. The fourth-order valence-corrected chi connectivity index (χ4v) is 2.50. The lowest BCUT2D eigenvalue weighted by Gasteiger charge is -2.15. The predicted molar refractivity (Wildman–Crippen MR) is 71.3 cm³/mol. The summed E-state index contributed by atoms with van der Waals surface area (Å²) in [5, 5.41) is 0. The van der Waals surface area contributed by atoms with Crippen LogP contribution in [0, 0.1) is 0 Å². The summed E-state index contributed by atoms with van der Waals surface area (Å²) >= 11 is 0. The van der Waals surface area contributed by atoms with E-state index in [-0.39, 0.29) is 6.10 Å². The van der Waals surface area contributed by atoms with Gasteiger partial charge in [-0.05, 0) is 23.3 Å². The molecule has 0 atom stereocenters. The van der Waals surface area contributed by atoms with Crippen molar-refractivity contribution in [3.8, 4) is 11.5 Å². The summed E-state index contributed by atoms with van der Waals surface area (Å²) in [5.74, 6) is 1.63. The second-order valence-corrected chi connectivity index (χ2v) is 4.57. The van der Waals surface area contributed by atoms with Crippen LogP contribution < -0.4 is 9.47 Å². The highest BCUT2D eigenvalue weighted by molar-refractivity contribution is 5.40. The first kappa shape index (κ1) is 11.1. The van der Waals surface area contributed by atoms with Crippen LogP contribution >= 0.6 is 0 Å². The van der Waals surface area contributed by atoms with E-state index in [1.807, 2.05) is 24.3 Å². The molecule has 0 aromatic heterocycles. The molecule has 18 heavy (non-hydrogen) atoms. The molecule has 92 valence electrons. The summed E-state index contributed by atoms with van der Waals surface area (Å²) in [6.07, 6.45) is 2.18. The van der Waals surface area contributed by atoms with Crippen LogP contribution in [0.25, 0.3) is 0 Å². The maximum Gasteiger partial charge on any atom is 0.161 e. The van der Waals surface area contributed by atoms with Crippen molar-refractivity contribution in [1.29, 1.82) is 0 Å². The van der Waals surface area contributed by atoms with Crippen LogP contribution in [-0.4, -0.2) is 13.2 Å². The fourth-order valence-electron chi connectivity index (χ4n) is 2.50. The highest BCUT2D eigenvalue weighted by Crippen LogP contribution is 2.31. The van der Waals surface area contributed by atoms with Gasteiger partial charge in [-0.1, -0.05) is 36.4 Å². The third-order valence-corrected chi connectivity index (χ3v) is 3.38. The molecule has 0 N–H and O–H groups in total. The Morgan fingerprint density at radius 3 is 2.00 bits per heavy atom. The number of methoxy groups -OCH3 is 1. The zero-order valence-electron chi connectivity index (χ0n) is 10.4. The molecule has 0 heterocycles. The molecule has 2 heteroatoms. The average molecular weight is 240 g/mol. The molecule has 0 aliphatic heterocycles. The Hall–Kier alpha value is -1.96. The number of para-hydroxylation sites is 2. The monoisotopic (exact) mass is 240 g/mol. The normalized spacial score (nSPS) is 14.3. The van der Waals surface area contributed by atoms with Gasteiger partial charge in [-0.25, -0.2) is 0 Å². The van der Waals surface area contributed by atoms with E-state index in [1.54, 1.807) is 7.11 Å².